The number of benzene rings is 1. The molecule has 0 saturated heterocycles. The van der Waals surface area contributed by atoms with E-state index in [-0.39, 0.29) is 11.3 Å². The van der Waals surface area contributed by atoms with Crippen LogP contribution >= 0.6 is 0 Å². The fraction of sp³-hybridized carbons (Fsp3) is 0.286. The van der Waals surface area contributed by atoms with Crippen LogP contribution in [0.15, 0.2) is 35.4 Å². The molecule has 0 aliphatic carbocycles. The van der Waals surface area contributed by atoms with Gasteiger partial charge in [-0.05, 0) is 32.9 Å². The zero-order valence-electron chi connectivity index (χ0n) is 11.6. The molecule has 0 radical (unpaired) electrons. The van der Waals surface area contributed by atoms with Crippen molar-refractivity contribution in [2.75, 3.05) is 0 Å². The van der Waals surface area contributed by atoms with Crippen molar-refractivity contribution in [1.29, 1.82) is 0 Å². The van der Waals surface area contributed by atoms with E-state index in [1.807, 2.05) is 0 Å². The lowest BCUT2D eigenvalue weighted by Gasteiger charge is -2.26. The number of amides is 1. The Morgan fingerprint density at radius 2 is 2.00 bits per heavy atom. The normalized spacial score (nSPS) is 21.8. The first kappa shape index (κ1) is 14.4. The van der Waals surface area contributed by atoms with Gasteiger partial charge in [0.25, 0.3) is 0 Å². The number of nitrogens with two attached hydrogens (primary N) is 1. The van der Waals surface area contributed by atoms with Crippen LogP contribution in [0, 0.1) is 5.82 Å². The number of carbonyl (C=O) groups excluding carboxylic acids is 1. The number of allylic oxidation sites excluding steroid dienone is 1. The highest BCUT2D eigenvalue weighted by molar-refractivity contribution is 5.88. The van der Waals surface area contributed by atoms with E-state index >= 15 is 0 Å². The van der Waals surface area contributed by atoms with Crippen LogP contribution in [-0.4, -0.2) is 22.6 Å². The average Bonchev–Trinajstić information content (AvgIpc) is 2.71. The highest BCUT2D eigenvalue weighted by atomic mass is 19.1. The molecule has 0 saturated carbocycles. The average molecular weight is 278 g/mol. The lowest BCUT2D eigenvalue weighted by atomic mass is 10.1. The van der Waals surface area contributed by atoms with Gasteiger partial charge < -0.3 is 4.74 Å². The highest BCUT2D eigenvalue weighted by Crippen LogP contribution is 2.31. The van der Waals surface area contributed by atoms with E-state index in [9.17, 15) is 9.18 Å². The molecule has 1 aliphatic rings. The Hall–Kier alpha value is -2.05. The van der Waals surface area contributed by atoms with Gasteiger partial charge in [-0.3, -0.25) is 0 Å². The number of quaternary nitrogens is 1. The molecular weight excluding hydrogens is 261 g/mol. The number of carbonyl (C=O) groups is 1. The molecule has 0 unspecified atom stereocenters. The maximum absolute atomic E-state index is 13.9. The Bertz CT molecular complexity index is 605. The zero-order valence-corrected chi connectivity index (χ0v) is 11.6. The Morgan fingerprint density at radius 1 is 1.35 bits per heavy atom. The van der Waals surface area contributed by atoms with E-state index in [1.165, 1.54) is 18.4 Å². The molecule has 1 amide bonds. The largest absolute Gasteiger partial charge is 0.570 e. The van der Waals surface area contributed by atoms with Gasteiger partial charge in [-0.1, -0.05) is 17.2 Å². The van der Waals surface area contributed by atoms with Gasteiger partial charge in [-0.15, -0.1) is 5.84 Å². The Morgan fingerprint density at radius 3 is 2.60 bits per heavy atom. The van der Waals surface area contributed by atoms with Crippen LogP contribution in [-0.2, 0) is 4.74 Å². The van der Waals surface area contributed by atoms with E-state index < -0.39 is 22.2 Å². The lowest BCUT2D eigenvalue weighted by Crippen LogP contribution is -2.53. The molecule has 1 aromatic carbocycles. The second kappa shape index (κ2) is 4.81. The Labute approximate surface area is 116 Å². The third-order valence-electron chi connectivity index (χ3n) is 2.67. The molecule has 2 N–H and O–H groups in total. The minimum atomic E-state index is -0.946. The smallest absolute Gasteiger partial charge is 0.411 e. The number of ether oxygens (including phenoxy) is 1. The maximum Gasteiger partial charge on any atom is 0.570 e. The second-order valence-electron chi connectivity index (χ2n) is 5.46. The van der Waals surface area contributed by atoms with E-state index in [4.69, 9.17) is 10.6 Å². The van der Waals surface area contributed by atoms with Crippen LogP contribution in [0.4, 0.5) is 9.18 Å². The molecule has 6 heteroatoms. The summed E-state index contributed by atoms with van der Waals surface area (Å²) in [5.41, 5.74) is -0.254. The summed E-state index contributed by atoms with van der Waals surface area (Å²) in [4.78, 5) is 12.2. The molecule has 2 rings (SSSR count). The monoisotopic (exact) mass is 278 g/mol. The van der Waals surface area contributed by atoms with Crippen LogP contribution in [0.2, 0.25) is 0 Å². The fourth-order valence-electron chi connectivity index (χ4n) is 1.80. The number of rotatable bonds is 1. The summed E-state index contributed by atoms with van der Waals surface area (Å²) >= 11 is 0. The Kier molecular flexibility index (Phi) is 3.45. The summed E-state index contributed by atoms with van der Waals surface area (Å²) in [7, 11) is 0. The number of halogens is 1. The van der Waals surface area contributed by atoms with Crippen molar-refractivity contribution in [1.82, 2.24) is 0 Å². The van der Waals surface area contributed by atoms with Gasteiger partial charge >= 0.3 is 6.09 Å². The third kappa shape index (κ3) is 2.61. The molecule has 1 atom stereocenters. The summed E-state index contributed by atoms with van der Waals surface area (Å²) in [6.07, 6.45) is 2.11. The van der Waals surface area contributed by atoms with Crippen LogP contribution in [0.3, 0.4) is 0 Å². The third-order valence-corrected chi connectivity index (χ3v) is 2.67. The van der Waals surface area contributed by atoms with Gasteiger partial charge in [0.2, 0.25) is 5.70 Å². The predicted octanol–water partition coefficient (Wildman–Crippen LogP) is 2.79. The molecule has 20 heavy (non-hydrogen) atoms. The van der Waals surface area contributed by atoms with Gasteiger partial charge in [0.15, 0.2) is 0 Å². The maximum atomic E-state index is 13.9. The first-order chi connectivity index (χ1) is 9.24. The van der Waals surface area contributed by atoms with Crippen LogP contribution in [0.1, 0.15) is 26.3 Å². The molecule has 5 nitrogen and oxygen atoms in total. The summed E-state index contributed by atoms with van der Waals surface area (Å²) in [5.74, 6) is 5.51. The molecule has 0 aromatic heterocycles. The van der Waals surface area contributed by atoms with Crippen molar-refractivity contribution in [2.45, 2.75) is 26.4 Å². The highest BCUT2D eigenvalue weighted by Gasteiger charge is 2.47. The van der Waals surface area contributed by atoms with Crippen molar-refractivity contribution >= 4 is 18.0 Å². The van der Waals surface area contributed by atoms with E-state index in [2.05, 4.69) is 5.10 Å². The SMILES string of the molecule is CC(C)(C)OC(=O)[N@@+]1(N)N=CC=C1c1ccccc1F. The van der Waals surface area contributed by atoms with Gasteiger partial charge in [-0.2, -0.15) is 4.79 Å². The van der Waals surface area contributed by atoms with Crippen molar-refractivity contribution < 1.29 is 18.6 Å². The molecule has 106 valence electrons. The second-order valence-corrected chi connectivity index (χ2v) is 5.46. The summed E-state index contributed by atoms with van der Waals surface area (Å²) in [6.45, 7) is 5.18. The summed E-state index contributed by atoms with van der Waals surface area (Å²) in [5, 5.41) is 3.91. The van der Waals surface area contributed by atoms with Crippen molar-refractivity contribution in [2.24, 2.45) is 10.9 Å². The molecule has 1 aromatic rings. The molecule has 0 spiro atoms. The van der Waals surface area contributed by atoms with Crippen molar-refractivity contribution in [3.8, 4) is 0 Å². The fourth-order valence-corrected chi connectivity index (χ4v) is 1.80. The van der Waals surface area contributed by atoms with Gasteiger partial charge in [0.05, 0.1) is 11.8 Å². The predicted molar refractivity (Wildman–Crippen MR) is 73.6 cm³/mol. The van der Waals surface area contributed by atoms with E-state index in [0.717, 1.165) is 0 Å². The molecule has 1 heterocycles. The standard InChI is InChI=1S/C14H17FN3O2/c1-14(2,3)20-13(19)18(16)12(8-9-17-18)10-6-4-5-7-11(10)15/h4-9H,16H2,1-3H3/q+1/t18-/m0/s1. The zero-order chi connectivity index (χ0) is 15.0. The van der Waals surface area contributed by atoms with Crippen LogP contribution in [0.5, 0.6) is 0 Å². The summed E-state index contributed by atoms with van der Waals surface area (Å²) in [6, 6.07) is 6.07. The topological polar surface area (TPSA) is 64.7 Å². The van der Waals surface area contributed by atoms with Gasteiger partial charge in [0, 0.05) is 10.8 Å². The number of hydrogen-bond donors (Lipinski definition) is 1. The lowest BCUT2D eigenvalue weighted by molar-refractivity contribution is -0.803. The van der Waals surface area contributed by atoms with Crippen molar-refractivity contribution in [3.63, 3.8) is 0 Å². The molecule has 1 aliphatic heterocycles. The number of hydrogen-bond acceptors (Lipinski definition) is 4. The van der Waals surface area contributed by atoms with Crippen molar-refractivity contribution in [3.05, 3.63) is 41.7 Å². The molecule has 0 fully saturated rings. The first-order valence-electron chi connectivity index (χ1n) is 6.16. The van der Waals surface area contributed by atoms with Crippen LogP contribution < -0.4 is 5.84 Å². The first-order valence-corrected chi connectivity index (χ1v) is 6.16. The molecular formula is C14H17FN3O2+. The van der Waals surface area contributed by atoms with Crippen LogP contribution in [0.25, 0.3) is 5.70 Å². The van der Waals surface area contributed by atoms with E-state index in [0.29, 0.717) is 0 Å². The van der Waals surface area contributed by atoms with E-state index in [1.54, 1.807) is 39.0 Å². The summed E-state index contributed by atoms with van der Waals surface area (Å²) < 4.78 is 18.2. The Balaban J connectivity index is 2.37. The minimum absolute atomic E-state index is 0.221. The number of nitrogens with zero attached hydrogens (tertiary/aromatic N) is 2. The van der Waals surface area contributed by atoms with Gasteiger partial charge in [-0.25, -0.2) is 4.39 Å². The molecule has 0 bridgehead atoms. The minimum Gasteiger partial charge on any atom is -0.411 e. The van der Waals surface area contributed by atoms with Gasteiger partial charge in [0.1, 0.15) is 11.4 Å². The quantitative estimate of drug-likeness (QED) is 0.488.